The average molecular weight is 285 g/mol. The molecule has 1 fully saturated rings. The molecule has 0 radical (unpaired) electrons. The van der Waals surface area contributed by atoms with E-state index in [2.05, 4.69) is 19.2 Å². The first-order valence-electron chi connectivity index (χ1n) is 7.33. The summed E-state index contributed by atoms with van der Waals surface area (Å²) in [5.74, 6) is -1.26. The fourth-order valence-electron chi connectivity index (χ4n) is 2.59. The van der Waals surface area contributed by atoms with Gasteiger partial charge >= 0.3 is 5.97 Å². The van der Waals surface area contributed by atoms with Gasteiger partial charge in [0.05, 0.1) is 5.60 Å². The Morgan fingerprint density at radius 3 is 2.20 bits per heavy atom. The van der Waals surface area contributed by atoms with Crippen LogP contribution in [-0.4, -0.2) is 34.2 Å². The number of amides is 1. The topological polar surface area (TPSA) is 86.6 Å². The van der Waals surface area contributed by atoms with Crippen molar-refractivity contribution in [3.63, 3.8) is 0 Å². The highest BCUT2D eigenvalue weighted by molar-refractivity contribution is 5.77. The van der Waals surface area contributed by atoms with Crippen molar-refractivity contribution in [2.45, 2.75) is 64.9 Å². The van der Waals surface area contributed by atoms with Crippen LogP contribution in [0.15, 0.2) is 0 Å². The van der Waals surface area contributed by atoms with E-state index in [1.165, 1.54) is 0 Å². The maximum Gasteiger partial charge on any atom is 0.303 e. The average Bonchev–Trinajstić information content (AvgIpc) is 2.30. The summed E-state index contributed by atoms with van der Waals surface area (Å²) in [6.07, 6.45) is 3.49. The van der Waals surface area contributed by atoms with Crippen molar-refractivity contribution in [2.75, 3.05) is 6.54 Å². The lowest BCUT2D eigenvalue weighted by atomic mass is 9.71. The van der Waals surface area contributed by atoms with E-state index in [-0.39, 0.29) is 36.6 Å². The fraction of sp³-hybridized carbons (Fsp3) is 0.867. The van der Waals surface area contributed by atoms with Crippen LogP contribution in [0.1, 0.15) is 59.3 Å². The largest absolute Gasteiger partial charge is 0.481 e. The zero-order valence-electron chi connectivity index (χ0n) is 12.7. The number of carboxylic acid groups (broad SMARTS) is 1. The number of carboxylic acids is 1. The normalized spacial score (nSPS) is 22.0. The van der Waals surface area contributed by atoms with Crippen molar-refractivity contribution in [3.05, 3.63) is 0 Å². The van der Waals surface area contributed by atoms with Gasteiger partial charge in [0.15, 0.2) is 0 Å². The molecule has 0 spiro atoms. The van der Waals surface area contributed by atoms with Gasteiger partial charge in [0, 0.05) is 19.4 Å². The Morgan fingerprint density at radius 2 is 1.70 bits per heavy atom. The maximum absolute atomic E-state index is 11.7. The lowest BCUT2D eigenvalue weighted by molar-refractivity contribution is -0.138. The van der Waals surface area contributed by atoms with Gasteiger partial charge in [0.25, 0.3) is 0 Å². The Kier molecular flexibility index (Phi) is 5.57. The van der Waals surface area contributed by atoms with E-state index < -0.39 is 11.6 Å². The van der Waals surface area contributed by atoms with Gasteiger partial charge in [0.2, 0.25) is 5.91 Å². The number of hydrogen-bond acceptors (Lipinski definition) is 3. The number of nitrogens with one attached hydrogen (secondary N) is 1. The van der Waals surface area contributed by atoms with Crippen molar-refractivity contribution in [2.24, 2.45) is 11.3 Å². The second kappa shape index (κ2) is 6.57. The van der Waals surface area contributed by atoms with Crippen LogP contribution in [0.5, 0.6) is 0 Å². The fourth-order valence-corrected chi connectivity index (χ4v) is 2.59. The van der Waals surface area contributed by atoms with E-state index in [9.17, 15) is 14.7 Å². The third kappa shape index (κ3) is 5.90. The predicted molar refractivity (Wildman–Crippen MR) is 76.2 cm³/mol. The van der Waals surface area contributed by atoms with Gasteiger partial charge in [0.1, 0.15) is 0 Å². The van der Waals surface area contributed by atoms with E-state index in [1.807, 2.05) is 0 Å². The molecule has 0 heterocycles. The first-order valence-corrected chi connectivity index (χ1v) is 7.33. The number of aliphatic carboxylic acids is 1. The van der Waals surface area contributed by atoms with Crippen LogP contribution in [-0.2, 0) is 9.59 Å². The van der Waals surface area contributed by atoms with Crippen LogP contribution in [0.3, 0.4) is 0 Å². The van der Waals surface area contributed by atoms with Crippen LogP contribution < -0.4 is 5.32 Å². The molecule has 0 saturated heterocycles. The number of aliphatic hydroxyl groups is 1. The molecule has 1 atom stereocenters. The zero-order chi connectivity index (χ0) is 15.4. The smallest absolute Gasteiger partial charge is 0.303 e. The molecule has 20 heavy (non-hydrogen) atoms. The van der Waals surface area contributed by atoms with E-state index in [4.69, 9.17) is 5.11 Å². The van der Waals surface area contributed by atoms with E-state index >= 15 is 0 Å². The first-order chi connectivity index (χ1) is 9.12. The summed E-state index contributed by atoms with van der Waals surface area (Å²) in [6, 6.07) is 0. The van der Waals surface area contributed by atoms with E-state index in [0.717, 1.165) is 12.8 Å². The number of carbonyl (C=O) groups excluding carboxylic acids is 1. The van der Waals surface area contributed by atoms with Crippen LogP contribution in [0.2, 0.25) is 0 Å². The van der Waals surface area contributed by atoms with Crippen molar-refractivity contribution in [1.29, 1.82) is 0 Å². The van der Waals surface area contributed by atoms with Crippen molar-refractivity contribution in [3.8, 4) is 0 Å². The monoisotopic (exact) mass is 285 g/mol. The Morgan fingerprint density at radius 1 is 1.15 bits per heavy atom. The predicted octanol–water partition coefficient (Wildman–Crippen LogP) is 1.93. The molecular weight excluding hydrogens is 258 g/mol. The van der Waals surface area contributed by atoms with Gasteiger partial charge in [-0.3, -0.25) is 9.59 Å². The standard InChI is InChI=1S/C15H27NO4/c1-11(9-13(18)19)8-12(17)16-10-15(20)6-4-14(2,3)5-7-15/h11,20H,4-10H2,1-3H3,(H,16,17)(H,18,19). The number of carbonyl (C=O) groups is 2. The van der Waals surface area contributed by atoms with Crippen LogP contribution in [0, 0.1) is 11.3 Å². The Balaban J connectivity index is 2.32. The van der Waals surface area contributed by atoms with E-state index in [0.29, 0.717) is 12.8 Å². The summed E-state index contributed by atoms with van der Waals surface area (Å²) in [5, 5.41) is 21.8. The van der Waals surface area contributed by atoms with Crippen LogP contribution in [0.25, 0.3) is 0 Å². The van der Waals surface area contributed by atoms with Crippen molar-refractivity contribution < 1.29 is 19.8 Å². The van der Waals surface area contributed by atoms with Crippen LogP contribution >= 0.6 is 0 Å². The Hall–Kier alpha value is -1.10. The maximum atomic E-state index is 11.7. The molecule has 5 heteroatoms. The summed E-state index contributed by atoms with van der Waals surface area (Å²) < 4.78 is 0. The molecule has 1 unspecified atom stereocenters. The molecule has 1 rings (SSSR count). The highest BCUT2D eigenvalue weighted by Crippen LogP contribution is 2.39. The second-order valence-corrected chi connectivity index (χ2v) is 7.07. The van der Waals surface area contributed by atoms with Crippen molar-refractivity contribution >= 4 is 11.9 Å². The minimum Gasteiger partial charge on any atom is -0.481 e. The first kappa shape index (κ1) is 17.0. The highest BCUT2D eigenvalue weighted by atomic mass is 16.4. The third-order valence-electron chi connectivity index (χ3n) is 4.21. The molecule has 0 bridgehead atoms. The summed E-state index contributed by atoms with van der Waals surface area (Å²) in [6.45, 7) is 6.39. The SMILES string of the molecule is CC(CC(=O)O)CC(=O)NCC1(O)CCC(C)(C)CC1. The molecule has 1 amide bonds. The third-order valence-corrected chi connectivity index (χ3v) is 4.21. The Bertz CT molecular complexity index is 355. The number of hydrogen-bond donors (Lipinski definition) is 3. The number of rotatable bonds is 6. The van der Waals surface area contributed by atoms with Gasteiger partial charge in [-0.1, -0.05) is 20.8 Å². The summed E-state index contributed by atoms with van der Waals surface area (Å²) >= 11 is 0. The van der Waals surface area contributed by atoms with Crippen molar-refractivity contribution in [1.82, 2.24) is 5.32 Å². The molecule has 116 valence electrons. The molecule has 1 aliphatic carbocycles. The molecular formula is C15H27NO4. The van der Waals surface area contributed by atoms with Gasteiger partial charge in [-0.05, 0) is 37.0 Å². The quantitative estimate of drug-likeness (QED) is 0.696. The van der Waals surface area contributed by atoms with Gasteiger partial charge in [-0.25, -0.2) is 0 Å². The highest BCUT2D eigenvalue weighted by Gasteiger charge is 2.36. The second-order valence-electron chi connectivity index (χ2n) is 7.07. The summed E-state index contributed by atoms with van der Waals surface area (Å²) in [5.41, 5.74) is -0.534. The van der Waals surface area contributed by atoms with Gasteiger partial charge < -0.3 is 15.5 Å². The van der Waals surface area contributed by atoms with Gasteiger partial charge in [-0.2, -0.15) is 0 Å². The minimum absolute atomic E-state index is 0.00806. The van der Waals surface area contributed by atoms with Gasteiger partial charge in [-0.15, -0.1) is 0 Å². The summed E-state index contributed by atoms with van der Waals surface area (Å²) in [4.78, 5) is 22.3. The lowest BCUT2D eigenvalue weighted by Gasteiger charge is -2.40. The summed E-state index contributed by atoms with van der Waals surface area (Å²) in [7, 11) is 0. The molecule has 1 aliphatic rings. The lowest BCUT2D eigenvalue weighted by Crippen LogP contribution is -2.46. The Labute approximate surface area is 120 Å². The molecule has 3 N–H and O–H groups in total. The molecule has 0 aromatic carbocycles. The molecule has 0 aromatic rings. The minimum atomic E-state index is -0.890. The molecule has 0 aromatic heterocycles. The molecule has 0 aliphatic heterocycles. The zero-order valence-corrected chi connectivity index (χ0v) is 12.7. The van der Waals surface area contributed by atoms with Crippen LogP contribution in [0.4, 0.5) is 0 Å². The molecule has 5 nitrogen and oxygen atoms in total. The molecule has 1 saturated carbocycles. The van der Waals surface area contributed by atoms with E-state index in [1.54, 1.807) is 6.92 Å².